The van der Waals surface area contributed by atoms with E-state index < -0.39 is 11.4 Å². The quantitative estimate of drug-likeness (QED) is 0.267. The molecule has 7 nitrogen and oxygen atoms in total. The lowest BCUT2D eigenvalue weighted by molar-refractivity contribution is -0.00728. The Balaban J connectivity index is 1.31. The largest absolute Gasteiger partial charge is 0.496 e. The van der Waals surface area contributed by atoms with Crippen LogP contribution in [-0.2, 0) is 6.42 Å². The Bertz CT molecular complexity index is 1470. The number of hydrogen-bond donors (Lipinski definition) is 3. The number of aromatic amines is 1. The molecule has 0 radical (unpaired) electrons. The molecule has 0 unspecified atom stereocenters. The minimum atomic E-state index is -1.14. The van der Waals surface area contributed by atoms with E-state index in [1.807, 2.05) is 50.2 Å². The standard InChI is InChI=1S/C31H34FN3O4/c1-19(2)39-23-12-9-20(10-13-23)29-24-16-21(11-14-27(24)34-35-29)30(36)33-22-6-5-15-31(37,17-22)18-25-26(32)7-4-8-28(25)38-3/h4,7-14,16,19,22,37H,5-6,15,17-18H2,1-3H3,(H,33,36)(H,34,35)/t22-,31+/m1/s1. The number of hydrogen-bond acceptors (Lipinski definition) is 5. The second-order valence-corrected chi connectivity index (χ2v) is 10.6. The van der Waals surface area contributed by atoms with Gasteiger partial charge in [0.15, 0.2) is 0 Å². The number of ether oxygens (including phenoxy) is 2. The van der Waals surface area contributed by atoms with Crippen LogP contribution in [0.5, 0.6) is 11.5 Å². The van der Waals surface area contributed by atoms with Crippen molar-refractivity contribution >= 4 is 16.8 Å². The Morgan fingerprint density at radius 2 is 2.00 bits per heavy atom. The number of halogens is 1. The van der Waals surface area contributed by atoms with Gasteiger partial charge in [0.2, 0.25) is 0 Å². The first-order valence-electron chi connectivity index (χ1n) is 13.3. The van der Waals surface area contributed by atoms with Gasteiger partial charge in [-0.05, 0) is 94.1 Å². The molecule has 1 saturated carbocycles. The number of benzene rings is 3. The smallest absolute Gasteiger partial charge is 0.251 e. The van der Waals surface area contributed by atoms with E-state index in [1.165, 1.54) is 13.2 Å². The van der Waals surface area contributed by atoms with Gasteiger partial charge in [0.05, 0.1) is 30.0 Å². The molecule has 1 amide bonds. The van der Waals surface area contributed by atoms with Crippen LogP contribution in [0.4, 0.5) is 4.39 Å². The lowest BCUT2D eigenvalue weighted by Crippen LogP contribution is -2.47. The number of carbonyl (C=O) groups is 1. The third-order valence-corrected chi connectivity index (χ3v) is 7.28. The number of fused-ring (bicyclic) bond motifs is 1. The van der Waals surface area contributed by atoms with E-state index in [2.05, 4.69) is 15.5 Å². The van der Waals surface area contributed by atoms with Crippen molar-refractivity contribution in [2.24, 2.45) is 0 Å². The first kappa shape index (κ1) is 26.7. The molecule has 204 valence electrons. The van der Waals surface area contributed by atoms with Gasteiger partial charge in [0.25, 0.3) is 5.91 Å². The monoisotopic (exact) mass is 531 g/mol. The summed E-state index contributed by atoms with van der Waals surface area (Å²) in [6.07, 6.45) is 2.54. The molecule has 0 bridgehead atoms. The zero-order chi connectivity index (χ0) is 27.6. The summed E-state index contributed by atoms with van der Waals surface area (Å²) in [6.45, 7) is 3.96. The number of aromatic nitrogens is 2. The topological polar surface area (TPSA) is 96.5 Å². The molecule has 5 rings (SSSR count). The van der Waals surface area contributed by atoms with Crippen LogP contribution in [0, 0.1) is 5.82 Å². The molecule has 39 heavy (non-hydrogen) atoms. The van der Waals surface area contributed by atoms with E-state index in [9.17, 15) is 14.3 Å². The molecule has 2 atom stereocenters. The minimum absolute atomic E-state index is 0.0885. The second-order valence-electron chi connectivity index (χ2n) is 10.6. The van der Waals surface area contributed by atoms with Crippen molar-refractivity contribution in [3.8, 4) is 22.8 Å². The lowest BCUT2D eigenvalue weighted by Gasteiger charge is -2.37. The van der Waals surface area contributed by atoms with Gasteiger partial charge in [-0.15, -0.1) is 0 Å². The van der Waals surface area contributed by atoms with Gasteiger partial charge in [0, 0.05) is 34.5 Å². The molecule has 4 aromatic rings. The number of nitrogens with zero attached hydrogens (tertiary/aromatic N) is 1. The average Bonchev–Trinajstić information content (AvgIpc) is 3.33. The summed E-state index contributed by atoms with van der Waals surface area (Å²) in [5.41, 5.74) is 2.22. The predicted molar refractivity (Wildman–Crippen MR) is 149 cm³/mol. The van der Waals surface area contributed by atoms with Crippen molar-refractivity contribution in [1.82, 2.24) is 15.5 Å². The summed E-state index contributed by atoms with van der Waals surface area (Å²) in [5, 5.41) is 22.8. The second kappa shape index (κ2) is 11.1. The van der Waals surface area contributed by atoms with Crippen LogP contribution in [0.3, 0.4) is 0 Å². The molecule has 8 heteroatoms. The molecule has 0 saturated heterocycles. The Hall–Kier alpha value is -3.91. The fourth-order valence-corrected chi connectivity index (χ4v) is 5.46. The Labute approximate surface area is 227 Å². The Kier molecular flexibility index (Phi) is 7.57. The first-order valence-corrected chi connectivity index (χ1v) is 13.3. The number of H-pyrrole nitrogens is 1. The highest BCUT2D eigenvalue weighted by Crippen LogP contribution is 2.35. The van der Waals surface area contributed by atoms with E-state index in [0.29, 0.717) is 29.7 Å². The number of carbonyl (C=O) groups excluding carboxylic acids is 1. The van der Waals surface area contributed by atoms with Crippen LogP contribution in [0.1, 0.15) is 55.5 Å². The number of rotatable bonds is 8. The molecule has 0 spiro atoms. The van der Waals surface area contributed by atoms with Crippen molar-refractivity contribution in [2.75, 3.05) is 7.11 Å². The fourth-order valence-electron chi connectivity index (χ4n) is 5.46. The number of nitrogens with one attached hydrogen (secondary N) is 2. The maximum atomic E-state index is 14.5. The van der Waals surface area contributed by atoms with Crippen molar-refractivity contribution in [1.29, 1.82) is 0 Å². The van der Waals surface area contributed by atoms with Crippen LogP contribution < -0.4 is 14.8 Å². The van der Waals surface area contributed by atoms with Crippen LogP contribution in [0.15, 0.2) is 60.7 Å². The van der Waals surface area contributed by atoms with Crippen LogP contribution in [-0.4, -0.2) is 46.1 Å². The summed E-state index contributed by atoms with van der Waals surface area (Å²) < 4.78 is 25.6. The molecule has 1 aliphatic rings. The van der Waals surface area contributed by atoms with E-state index in [1.54, 1.807) is 18.2 Å². The molecule has 1 heterocycles. The number of methoxy groups -OCH3 is 1. The van der Waals surface area contributed by atoms with Crippen LogP contribution in [0.25, 0.3) is 22.2 Å². The van der Waals surface area contributed by atoms with E-state index in [0.717, 1.165) is 40.8 Å². The first-order chi connectivity index (χ1) is 18.7. The fraction of sp³-hybridized carbons (Fsp3) is 0.355. The third kappa shape index (κ3) is 5.91. The van der Waals surface area contributed by atoms with Crippen molar-refractivity contribution < 1.29 is 23.8 Å². The summed E-state index contributed by atoms with van der Waals surface area (Å²) in [6, 6.07) is 17.6. The molecule has 1 aliphatic carbocycles. The maximum Gasteiger partial charge on any atom is 0.251 e. The predicted octanol–water partition coefficient (Wildman–Crippen LogP) is 5.81. The third-order valence-electron chi connectivity index (χ3n) is 7.28. The highest BCUT2D eigenvalue weighted by atomic mass is 19.1. The van der Waals surface area contributed by atoms with E-state index in [4.69, 9.17) is 9.47 Å². The number of aliphatic hydroxyl groups is 1. The number of amides is 1. The summed E-state index contributed by atoms with van der Waals surface area (Å²) >= 11 is 0. The average molecular weight is 532 g/mol. The van der Waals surface area contributed by atoms with Crippen molar-refractivity contribution in [2.45, 2.75) is 63.7 Å². The molecule has 1 aromatic heterocycles. The summed E-state index contributed by atoms with van der Waals surface area (Å²) in [4.78, 5) is 13.3. The Morgan fingerprint density at radius 3 is 2.74 bits per heavy atom. The van der Waals surface area contributed by atoms with Gasteiger partial charge < -0.3 is 19.9 Å². The lowest BCUT2D eigenvalue weighted by atomic mass is 9.77. The molecule has 3 N–H and O–H groups in total. The minimum Gasteiger partial charge on any atom is -0.496 e. The highest BCUT2D eigenvalue weighted by Gasteiger charge is 2.36. The highest BCUT2D eigenvalue weighted by molar-refractivity contribution is 6.01. The van der Waals surface area contributed by atoms with Gasteiger partial charge in [0.1, 0.15) is 17.3 Å². The zero-order valence-electron chi connectivity index (χ0n) is 22.5. The molecular formula is C31H34FN3O4. The van der Waals surface area contributed by atoms with E-state index in [-0.39, 0.29) is 24.5 Å². The maximum absolute atomic E-state index is 14.5. The Morgan fingerprint density at radius 1 is 1.21 bits per heavy atom. The molecule has 1 fully saturated rings. The van der Waals surface area contributed by atoms with Crippen molar-refractivity contribution in [3.63, 3.8) is 0 Å². The summed E-state index contributed by atoms with van der Waals surface area (Å²) in [5.74, 6) is 0.582. The van der Waals surface area contributed by atoms with E-state index >= 15 is 0 Å². The molecule has 0 aliphatic heterocycles. The van der Waals surface area contributed by atoms with Gasteiger partial charge >= 0.3 is 0 Å². The van der Waals surface area contributed by atoms with Gasteiger partial charge in [-0.25, -0.2) is 4.39 Å². The summed E-state index contributed by atoms with van der Waals surface area (Å²) in [7, 11) is 1.49. The normalized spacial score (nSPS) is 19.3. The van der Waals surface area contributed by atoms with Gasteiger partial charge in [-0.3, -0.25) is 9.89 Å². The molecule has 3 aromatic carbocycles. The molecular weight excluding hydrogens is 497 g/mol. The SMILES string of the molecule is COc1cccc(F)c1C[C@]1(O)CCC[C@@H](NC(=O)c2ccc3[nH]nc(-c4ccc(OC(C)C)cc4)c3c2)C1. The van der Waals surface area contributed by atoms with Gasteiger partial charge in [-0.2, -0.15) is 5.10 Å². The zero-order valence-corrected chi connectivity index (χ0v) is 22.5. The van der Waals surface area contributed by atoms with Gasteiger partial charge in [-0.1, -0.05) is 6.07 Å². The van der Waals surface area contributed by atoms with Crippen LogP contribution >= 0.6 is 0 Å². The van der Waals surface area contributed by atoms with Crippen LogP contribution in [0.2, 0.25) is 0 Å². The van der Waals surface area contributed by atoms with Crippen molar-refractivity contribution in [3.05, 3.63) is 77.6 Å².